The highest BCUT2D eigenvalue weighted by molar-refractivity contribution is 8.00. The van der Waals surface area contributed by atoms with Crippen molar-refractivity contribution in [2.75, 3.05) is 38.0 Å². The lowest BCUT2D eigenvalue weighted by Crippen LogP contribution is -2.50. The number of aryl methyl sites for hydroxylation is 1. The number of nitrogens with one attached hydrogen (secondary N) is 1. The van der Waals surface area contributed by atoms with Crippen LogP contribution < -0.4 is 5.32 Å². The minimum absolute atomic E-state index is 0.0610. The lowest BCUT2D eigenvalue weighted by atomic mass is 10.2. The van der Waals surface area contributed by atoms with E-state index in [2.05, 4.69) is 24.3 Å². The van der Waals surface area contributed by atoms with Crippen LogP contribution in [0.4, 0.5) is 5.82 Å². The van der Waals surface area contributed by atoms with Crippen molar-refractivity contribution in [3.05, 3.63) is 41.7 Å². The highest BCUT2D eigenvalue weighted by atomic mass is 32.2. The summed E-state index contributed by atoms with van der Waals surface area (Å²) in [6, 6.07) is 9.45. The molecule has 2 heterocycles. The molecule has 150 valence electrons. The molecule has 1 aliphatic rings. The van der Waals surface area contributed by atoms with E-state index in [1.54, 1.807) is 24.8 Å². The molecule has 1 aromatic carbocycles. The standard InChI is InChI=1S/C20H26N4O3S/c1-14(2)28-17-7-5-4-6-16(17)20(26)24-10-8-23(9-11-24)13-19(25)21-18-12-15(3)27-22-18/h4-7,12,14H,8-11,13H2,1-3H3,(H,21,22,25). The van der Waals surface area contributed by atoms with Gasteiger partial charge in [-0.1, -0.05) is 31.1 Å². The van der Waals surface area contributed by atoms with E-state index < -0.39 is 0 Å². The molecule has 28 heavy (non-hydrogen) atoms. The molecule has 7 nitrogen and oxygen atoms in total. The molecule has 1 fully saturated rings. The van der Waals surface area contributed by atoms with Gasteiger partial charge in [-0.2, -0.15) is 0 Å². The van der Waals surface area contributed by atoms with Crippen molar-refractivity contribution in [1.29, 1.82) is 0 Å². The van der Waals surface area contributed by atoms with Crippen molar-refractivity contribution in [3.8, 4) is 0 Å². The van der Waals surface area contributed by atoms with Crippen LogP contribution in [0.25, 0.3) is 0 Å². The van der Waals surface area contributed by atoms with Gasteiger partial charge in [-0.05, 0) is 19.1 Å². The average molecular weight is 403 g/mol. The zero-order valence-electron chi connectivity index (χ0n) is 16.5. The molecule has 0 spiro atoms. The number of carbonyl (C=O) groups is 2. The van der Waals surface area contributed by atoms with E-state index in [9.17, 15) is 9.59 Å². The van der Waals surface area contributed by atoms with Crippen LogP contribution in [0.5, 0.6) is 0 Å². The second kappa shape index (κ2) is 9.25. The van der Waals surface area contributed by atoms with Gasteiger partial charge < -0.3 is 14.7 Å². The smallest absolute Gasteiger partial charge is 0.255 e. The molecule has 2 aromatic rings. The number of rotatable bonds is 6. The van der Waals surface area contributed by atoms with Gasteiger partial charge in [0.2, 0.25) is 5.91 Å². The van der Waals surface area contributed by atoms with Gasteiger partial charge in [-0.3, -0.25) is 14.5 Å². The molecule has 0 aliphatic carbocycles. The van der Waals surface area contributed by atoms with Crippen molar-refractivity contribution in [1.82, 2.24) is 15.0 Å². The summed E-state index contributed by atoms with van der Waals surface area (Å²) in [6.45, 7) is 8.83. The molecular weight excluding hydrogens is 376 g/mol. The predicted octanol–water partition coefficient (Wildman–Crippen LogP) is 2.88. The summed E-state index contributed by atoms with van der Waals surface area (Å²) >= 11 is 1.70. The van der Waals surface area contributed by atoms with Crippen LogP contribution in [0.1, 0.15) is 30.0 Å². The fourth-order valence-electron chi connectivity index (χ4n) is 3.09. The third-order valence-corrected chi connectivity index (χ3v) is 5.48. The Kier molecular flexibility index (Phi) is 6.74. The summed E-state index contributed by atoms with van der Waals surface area (Å²) in [4.78, 5) is 30.1. The van der Waals surface area contributed by atoms with Gasteiger partial charge in [-0.25, -0.2) is 0 Å². The molecular formula is C20H26N4O3S. The molecule has 1 aliphatic heterocycles. The molecule has 1 aromatic heterocycles. The summed E-state index contributed by atoms with van der Waals surface area (Å²) in [5, 5.41) is 6.91. The van der Waals surface area contributed by atoms with Gasteiger partial charge in [0, 0.05) is 42.4 Å². The van der Waals surface area contributed by atoms with Crippen LogP contribution in [0.15, 0.2) is 39.8 Å². The van der Waals surface area contributed by atoms with Crippen LogP contribution in [-0.4, -0.2) is 64.7 Å². The van der Waals surface area contributed by atoms with Crippen molar-refractivity contribution in [2.24, 2.45) is 0 Å². The molecule has 1 N–H and O–H groups in total. The van der Waals surface area contributed by atoms with Crippen LogP contribution in [0.2, 0.25) is 0 Å². The number of carbonyl (C=O) groups excluding carboxylic acids is 2. The van der Waals surface area contributed by atoms with Crippen LogP contribution >= 0.6 is 11.8 Å². The second-order valence-electron chi connectivity index (χ2n) is 7.10. The number of hydrogen-bond acceptors (Lipinski definition) is 6. The van der Waals surface area contributed by atoms with E-state index in [4.69, 9.17) is 4.52 Å². The minimum atomic E-state index is -0.133. The number of hydrogen-bond donors (Lipinski definition) is 1. The fraction of sp³-hybridized carbons (Fsp3) is 0.450. The molecule has 0 atom stereocenters. The number of anilines is 1. The maximum atomic E-state index is 13.0. The third kappa shape index (κ3) is 5.36. The molecule has 2 amide bonds. The van der Waals surface area contributed by atoms with E-state index >= 15 is 0 Å². The highest BCUT2D eigenvalue weighted by Crippen LogP contribution is 2.27. The number of amides is 2. The zero-order chi connectivity index (χ0) is 20.1. The Morgan fingerprint density at radius 3 is 2.57 bits per heavy atom. The van der Waals surface area contributed by atoms with Gasteiger partial charge in [0.05, 0.1) is 12.1 Å². The number of benzene rings is 1. The first kappa shape index (κ1) is 20.4. The molecule has 0 unspecified atom stereocenters. The van der Waals surface area contributed by atoms with E-state index in [0.717, 1.165) is 10.5 Å². The van der Waals surface area contributed by atoms with Gasteiger partial charge in [-0.15, -0.1) is 11.8 Å². The van der Waals surface area contributed by atoms with E-state index in [0.29, 0.717) is 43.0 Å². The minimum Gasteiger partial charge on any atom is -0.360 e. The van der Waals surface area contributed by atoms with Crippen LogP contribution in [0.3, 0.4) is 0 Å². The first-order chi connectivity index (χ1) is 13.4. The molecule has 0 bridgehead atoms. The lowest BCUT2D eigenvalue weighted by Gasteiger charge is -2.34. The number of aromatic nitrogens is 1. The van der Waals surface area contributed by atoms with Crippen molar-refractivity contribution in [2.45, 2.75) is 30.9 Å². The normalized spacial score (nSPS) is 15.1. The van der Waals surface area contributed by atoms with E-state index in [1.165, 1.54) is 0 Å². The molecule has 8 heteroatoms. The lowest BCUT2D eigenvalue weighted by molar-refractivity contribution is -0.117. The topological polar surface area (TPSA) is 78.7 Å². The number of thioether (sulfide) groups is 1. The molecule has 3 rings (SSSR count). The monoisotopic (exact) mass is 402 g/mol. The van der Waals surface area contributed by atoms with E-state index in [1.807, 2.05) is 34.1 Å². The Morgan fingerprint density at radius 1 is 1.21 bits per heavy atom. The van der Waals surface area contributed by atoms with Crippen molar-refractivity contribution in [3.63, 3.8) is 0 Å². The number of piperazine rings is 1. The SMILES string of the molecule is Cc1cc(NC(=O)CN2CCN(C(=O)c3ccccc3SC(C)C)CC2)no1. The summed E-state index contributed by atoms with van der Waals surface area (Å²) in [6.07, 6.45) is 0. The largest absolute Gasteiger partial charge is 0.360 e. The predicted molar refractivity (Wildman–Crippen MR) is 110 cm³/mol. The summed E-state index contributed by atoms with van der Waals surface area (Å²) in [7, 11) is 0. The van der Waals surface area contributed by atoms with Crippen molar-refractivity contribution < 1.29 is 14.1 Å². The molecule has 1 saturated heterocycles. The van der Waals surface area contributed by atoms with Gasteiger partial charge in [0.25, 0.3) is 5.91 Å². The Labute approximate surface area is 169 Å². The Bertz CT molecular complexity index is 828. The van der Waals surface area contributed by atoms with Crippen molar-refractivity contribution >= 4 is 29.4 Å². The molecule has 0 saturated carbocycles. The van der Waals surface area contributed by atoms with E-state index in [-0.39, 0.29) is 18.4 Å². The van der Waals surface area contributed by atoms with Gasteiger partial charge in [0.15, 0.2) is 5.82 Å². The first-order valence-corrected chi connectivity index (χ1v) is 10.3. The summed E-state index contributed by atoms with van der Waals surface area (Å²) in [5.41, 5.74) is 0.758. The van der Waals surface area contributed by atoms with Crippen LogP contribution in [0, 0.1) is 6.92 Å². The fourth-order valence-corrected chi connectivity index (χ4v) is 4.04. The average Bonchev–Trinajstić information content (AvgIpc) is 3.06. The third-order valence-electron chi connectivity index (χ3n) is 4.40. The Hall–Kier alpha value is -2.32. The summed E-state index contributed by atoms with van der Waals surface area (Å²) in [5.74, 6) is 1.01. The van der Waals surface area contributed by atoms with Gasteiger partial charge >= 0.3 is 0 Å². The Balaban J connectivity index is 1.52. The molecule has 0 radical (unpaired) electrons. The van der Waals surface area contributed by atoms with Gasteiger partial charge in [0.1, 0.15) is 5.76 Å². The van der Waals surface area contributed by atoms with Crippen LogP contribution in [-0.2, 0) is 4.79 Å². The highest BCUT2D eigenvalue weighted by Gasteiger charge is 2.25. The maximum absolute atomic E-state index is 13.0. The second-order valence-corrected chi connectivity index (χ2v) is 8.72. The maximum Gasteiger partial charge on any atom is 0.255 e. The number of nitrogens with zero attached hydrogens (tertiary/aromatic N) is 3. The Morgan fingerprint density at radius 2 is 1.93 bits per heavy atom. The quantitative estimate of drug-likeness (QED) is 0.749. The summed E-state index contributed by atoms with van der Waals surface area (Å²) < 4.78 is 4.95. The first-order valence-electron chi connectivity index (χ1n) is 9.43. The zero-order valence-corrected chi connectivity index (χ0v) is 17.3.